The Bertz CT molecular complexity index is 874. The molecular formula is C20H18F2N2O2. The lowest BCUT2D eigenvalue weighted by atomic mass is 10.1. The fourth-order valence-corrected chi connectivity index (χ4v) is 2.54. The zero-order valence-corrected chi connectivity index (χ0v) is 14.2. The molecule has 3 rings (SSSR count). The third-order valence-corrected chi connectivity index (χ3v) is 4.00. The van der Waals surface area contributed by atoms with Gasteiger partial charge in [0.25, 0.3) is 0 Å². The van der Waals surface area contributed by atoms with Gasteiger partial charge in [0.2, 0.25) is 5.91 Å². The number of halogens is 2. The fraction of sp³-hybridized carbons (Fsp3) is 0.200. The zero-order chi connectivity index (χ0) is 18.5. The molecule has 134 valence electrons. The molecular weight excluding hydrogens is 338 g/mol. The Hall–Kier alpha value is -3.02. The van der Waals surface area contributed by atoms with Crippen LogP contribution < -0.4 is 5.32 Å². The molecule has 0 bridgehead atoms. The summed E-state index contributed by atoms with van der Waals surface area (Å²) in [4.78, 5) is 16.2. The number of carbonyl (C=O) groups is 1. The number of hydrogen-bond acceptors (Lipinski definition) is 3. The quantitative estimate of drug-likeness (QED) is 0.711. The van der Waals surface area contributed by atoms with Crippen molar-refractivity contribution in [2.75, 3.05) is 0 Å². The number of nitrogens with one attached hydrogen (secondary N) is 1. The highest BCUT2D eigenvalue weighted by molar-refractivity contribution is 5.76. The highest BCUT2D eigenvalue weighted by Gasteiger charge is 2.12. The average molecular weight is 356 g/mol. The number of rotatable bonds is 6. The molecule has 0 spiro atoms. The van der Waals surface area contributed by atoms with E-state index in [4.69, 9.17) is 4.42 Å². The molecule has 3 aromatic rings. The number of oxazole rings is 1. The van der Waals surface area contributed by atoms with E-state index in [9.17, 15) is 13.6 Å². The molecule has 2 aromatic carbocycles. The van der Waals surface area contributed by atoms with Crippen molar-refractivity contribution in [1.82, 2.24) is 10.3 Å². The Labute approximate surface area is 149 Å². The number of benzene rings is 2. The van der Waals surface area contributed by atoms with E-state index in [1.165, 1.54) is 24.3 Å². The van der Waals surface area contributed by atoms with Crippen LogP contribution in [0.5, 0.6) is 0 Å². The standard InChI is InChI=1S/C20H18F2N2O2/c1-13(14-2-6-16(21)7-3-14)24-19(25)10-11-20-23-12-18(26-20)15-4-8-17(22)9-5-15/h2-9,12-13H,10-11H2,1H3,(H,24,25)/t13-/m1/s1. The first kappa shape index (κ1) is 17.8. The van der Waals surface area contributed by atoms with E-state index in [0.29, 0.717) is 18.1 Å². The number of carbonyl (C=O) groups excluding carboxylic acids is 1. The van der Waals surface area contributed by atoms with Crippen LogP contribution in [-0.4, -0.2) is 10.9 Å². The molecule has 1 heterocycles. The van der Waals surface area contributed by atoms with Crippen LogP contribution in [0.15, 0.2) is 59.1 Å². The van der Waals surface area contributed by atoms with Crippen molar-refractivity contribution in [2.24, 2.45) is 0 Å². The maximum absolute atomic E-state index is 13.0. The fourth-order valence-electron chi connectivity index (χ4n) is 2.54. The SMILES string of the molecule is C[C@@H](NC(=O)CCc1ncc(-c2ccc(F)cc2)o1)c1ccc(F)cc1. The maximum atomic E-state index is 13.0. The second-order valence-corrected chi connectivity index (χ2v) is 5.97. The van der Waals surface area contributed by atoms with Crippen molar-refractivity contribution in [2.45, 2.75) is 25.8 Å². The maximum Gasteiger partial charge on any atom is 0.220 e. The van der Waals surface area contributed by atoms with Crippen LogP contribution >= 0.6 is 0 Å². The van der Waals surface area contributed by atoms with Crippen molar-refractivity contribution >= 4 is 5.91 Å². The molecule has 0 unspecified atom stereocenters. The van der Waals surface area contributed by atoms with E-state index in [0.717, 1.165) is 11.1 Å². The van der Waals surface area contributed by atoms with E-state index in [2.05, 4.69) is 10.3 Å². The Morgan fingerprint density at radius 1 is 1.08 bits per heavy atom. The van der Waals surface area contributed by atoms with Gasteiger partial charge in [-0.25, -0.2) is 13.8 Å². The first-order valence-electron chi connectivity index (χ1n) is 8.27. The van der Waals surface area contributed by atoms with Gasteiger partial charge in [-0.1, -0.05) is 12.1 Å². The summed E-state index contributed by atoms with van der Waals surface area (Å²) in [6.45, 7) is 1.84. The Morgan fingerprint density at radius 3 is 2.35 bits per heavy atom. The van der Waals surface area contributed by atoms with E-state index >= 15 is 0 Å². The molecule has 1 amide bonds. The smallest absolute Gasteiger partial charge is 0.220 e. The van der Waals surface area contributed by atoms with Crippen LogP contribution in [0.25, 0.3) is 11.3 Å². The molecule has 6 heteroatoms. The van der Waals surface area contributed by atoms with Gasteiger partial charge in [-0.15, -0.1) is 0 Å². The van der Waals surface area contributed by atoms with Crippen LogP contribution in [0, 0.1) is 11.6 Å². The summed E-state index contributed by atoms with van der Waals surface area (Å²) in [6, 6.07) is 11.7. The third-order valence-electron chi connectivity index (χ3n) is 4.00. The van der Waals surface area contributed by atoms with Gasteiger partial charge < -0.3 is 9.73 Å². The topological polar surface area (TPSA) is 55.1 Å². The van der Waals surface area contributed by atoms with E-state index in [1.54, 1.807) is 30.5 Å². The van der Waals surface area contributed by atoms with Gasteiger partial charge in [0.15, 0.2) is 11.7 Å². The normalized spacial score (nSPS) is 12.0. The lowest BCUT2D eigenvalue weighted by Crippen LogP contribution is -2.26. The van der Waals surface area contributed by atoms with Crippen molar-refractivity contribution in [3.63, 3.8) is 0 Å². The number of aromatic nitrogens is 1. The number of aryl methyl sites for hydroxylation is 1. The summed E-state index contributed by atoms with van der Waals surface area (Å²) in [5, 5.41) is 2.86. The molecule has 1 aromatic heterocycles. The molecule has 0 fully saturated rings. The monoisotopic (exact) mass is 356 g/mol. The second kappa shape index (κ2) is 7.91. The summed E-state index contributed by atoms with van der Waals surface area (Å²) in [7, 11) is 0. The van der Waals surface area contributed by atoms with Crippen molar-refractivity contribution in [3.8, 4) is 11.3 Å². The lowest BCUT2D eigenvalue weighted by molar-refractivity contribution is -0.121. The van der Waals surface area contributed by atoms with Crippen molar-refractivity contribution in [1.29, 1.82) is 0 Å². The van der Waals surface area contributed by atoms with Crippen LogP contribution in [-0.2, 0) is 11.2 Å². The van der Waals surface area contributed by atoms with Crippen molar-refractivity contribution < 1.29 is 18.0 Å². The predicted octanol–water partition coefficient (Wildman–Crippen LogP) is 4.43. The highest BCUT2D eigenvalue weighted by atomic mass is 19.1. The van der Waals surface area contributed by atoms with Gasteiger partial charge in [0, 0.05) is 18.4 Å². The van der Waals surface area contributed by atoms with Crippen LogP contribution in [0.1, 0.15) is 30.8 Å². The molecule has 0 aliphatic rings. The molecule has 0 saturated heterocycles. The summed E-state index contributed by atoms with van der Waals surface area (Å²) >= 11 is 0. The van der Waals surface area contributed by atoms with Gasteiger partial charge in [0.1, 0.15) is 11.6 Å². The minimum Gasteiger partial charge on any atom is -0.441 e. The summed E-state index contributed by atoms with van der Waals surface area (Å²) in [5.41, 5.74) is 1.55. The molecule has 1 atom stereocenters. The lowest BCUT2D eigenvalue weighted by Gasteiger charge is -2.14. The largest absolute Gasteiger partial charge is 0.441 e. The van der Waals surface area contributed by atoms with Gasteiger partial charge in [-0.2, -0.15) is 0 Å². The molecule has 26 heavy (non-hydrogen) atoms. The summed E-state index contributed by atoms with van der Waals surface area (Å²) < 4.78 is 31.5. The number of nitrogens with zero attached hydrogens (tertiary/aromatic N) is 1. The Morgan fingerprint density at radius 2 is 1.69 bits per heavy atom. The molecule has 4 nitrogen and oxygen atoms in total. The Kier molecular flexibility index (Phi) is 5.41. The molecule has 0 radical (unpaired) electrons. The van der Waals surface area contributed by atoms with E-state index < -0.39 is 0 Å². The highest BCUT2D eigenvalue weighted by Crippen LogP contribution is 2.21. The van der Waals surface area contributed by atoms with Gasteiger partial charge in [-0.3, -0.25) is 4.79 Å². The first-order chi connectivity index (χ1) is 12.5. The predicted molar refractivity (Wildman–Crippen MR) is 93.2 cm³/mol. The second-order valence-electron chi connectivity index (χ2n) is 5.97. The van der Waals surface area contributed by atoms with Gasteiger partial charge in [-0.05, 0) is 48.9 Å². The minimum absolute atomic E-state index is 0.150. The zero-order valence-electron chi connectivity index (χ0n) is 14.2. The van der Waals surface area contributed by atoms with Crippen LogP contribution in [0.2, 0.25) is 0 Å². The van der Waals surface area contributed by atoms with Gasteiger partial charge >= 0.3 is 0 Å². The van der Waals surface area contributed by atoms with E-state index in [-0.39, 0.29) is 30.0 Å². The van der Waals surface area contributed by atoms with Crippen molar-refractivity contribution in [3.05, 3.63) is 77.8 Å². The summed E-state index contributed by atoms with van der Waals surface area (Å²) in [6.07, 6.45) is 2.12. The first-order valence-corrected chi connectivity index (χ1v) is 8.27. The molecule has 0 aliphatic heterocycles. The third kappa shape index (κ3) is 4.53. The molecule has 0 aliphatic carbocycles. The Balaban J connectivity index is 1.53. The molecule has 1 N–H and O–H groups in total. The van der Waals surface area contributed by atoms with Crippen LogP contribution in [0.4, 0.5) is 8.78 Å². The van der Waals surface area contributed by atoms with Crippen LogP contribution in [0.3, 0.4) is 0 Å². The van der Waals surface area contributed by atoms with E-state index in [1.807, 2.05) is 6.92 Å². The number of hydrogen-bond donors (Lipinski definition) is 1. The molecule has 0 saturated carbocycles. The number of amides is 1. The van der Waals surface area contributed by atoms with Gasteiger partial charge in [0.05, 0.1) is 12.2 Å². The average Bonchev–Trinajstić information content (AvgIpc) is 3.10. The summed E-state index contributed by atoms with van der Waals surface area (Å²) in [5.74, 6) is 0.186. The minimum atomic E-state index is -0.319.